The first-order valence-corrected chi connectivity index (χ1v) is 11.6. The minimum atomic E-state index is -0.348. The number of fused-ring (bicyclic) bond motifs is 1. The van der Waals surface area contributed by atoms with Crippen LogP contribution in [0.15, 0.2) is 36.4 Å². The van der Waals surface area contributed by atoms with Crippen molar-refractivity contribution in [3.8, 4) is 5.75 Å². The van der Waals surface area contributed by atoms with Gasteiger partial charge < -0.3 is 14.4 Å². The summed E-state index contributed by atoms with van der Waals surface area (Å²) in [4.78, 5) is 21.1. The molecule has 1 aliphatic heterocycles. The van der Waals surface area contributed by atoms with Gasteiger partial charge in [-0.15, -0.1) is 0 Å². The summed E-state index contributed by atoms with van der Waals surface area (Å²) in [5.74, 6) is 0.355. The molecule has 2 aromatic carbocycles. The van der Waals surface area contributed by atoms with Crippen LogP contribution in [-0.4, -0.2) is 55.2 Å². The molecule has 0 atom stereocenters. The van der Waals surface area contributed by atoms with E-state index in [0.717, 1.165) is 58.7 Å². The molecule has 1 fully saturated rings. The Labute approximate surface area is 191 Å². The van der Waals surface area contributed by atoms with Gasteiger partial charge in [-0.2, -0.15) is 0 Å². The van der Waals surface area contributed by atoms with Crippen molar-refractivity contribution in [3.63, 3.8) is 0 Å². The number of carbonyl (C=O) groups is 1. The van der Waals surface area contributed by atoms with Gasteiger partial charge in [0, 0.05) is 37.7 Å². The van der Waals surface area contributed by atoms with E-state index in [0.29, 0.717) is 12.4 Å². The summed E-state index contributed by atoms with van der Waals surface area (Å²) in [7, 11) is 0. The number of rotatable bonds is 7. The first kappa shape index (κ1) is 21.9. The molecule has 8 heteroatoms. The SMILES string of the molecule is CCOC(=O)COc1cc(C)cc(CN2CCN(c3nc4ccc(Cl)cc4s3)CC2)c1. The first-order chi connectivity index (χ1) is 15.0. The molecule has 31 heavy (non-hydrogen) atoms. The van der Waals surface area contributed by atoms with Crippen LogP contribution in [0.5, 0.6) is 5.75 Å². The molecule has 0 radical (unpaired) electrons. The van der Waals surface area contributed by atoms with E-state index in [1.807, 2.05) is 37.3 Å². The number of piperazine rings is 1. The number of hydrogen-bond donors (Lipinski definition) is 0. The number of hydrogen-bond acceptors (Lipinski definition) is 7. The molecule has 1 aliphatic rings. The van der Waals surface area contributed by atoms with Crippen molar-refractivity contribution < 1.29 is 14.3 Å². The number of esters is 1. The molecule has 164 valence electrons. The zero-order valence-electron chi connectivity index (χ0n) is 17.8. The van der Waals surface area contributed by atoms with E-state index in [2.05, 4.69) is 15.9 Å². The molecule has 3 aromatic rings. The molecule has 2 heterocycles. The lowest BCUT2D eigenvalue weighted by Crippen LogP contribution is -2.45. The molecule has 1 saturated heterocycles. The van der Waals surface area contributed by atoms with Crippen molar-refractivity contribution in [2.45, 2.75) is 20.4 Å². The molecule has 0 amide bonds. The van der Waals surface area contributed by atoms with Gasteiger partial charge in [-0.3, -0.25) is 4.90 Å². The van der Waals surface area contributed by atoms with Gasteiger partial charge >= 0.3 is 5.97 Å². The average molecular weight is 460 g/mol. The third-order valence-electron chi connectivity index (χ3n) is 5.16. The zero-order chi connectivity index (χ0) is 21.8. The molecular weight excluding hydrogens is 434 g/mol. The Kier molecular flexibility index (Phi) is 6.95. The maximum atomic E-state index is 11.6. The molecular formula is C23H26ClN3O3S. The van der Waals surface area contributed by atoms with Gasteiger partial charge in [0.2, 0.25) is 0 Å². The third-order valence-corrected chi connectivity index (χ3v) is 6.47. The Hall–Kier alpha value is -2.35. The van der Waals surface area contributed by atoms with Crippen LogP contribution in [0, 0.1) is 6.92 Å². The lowest BCUT2D eigenvalue weighted by Gasteiger charge is -2.34. The van der Waals surface area contributed by atoms with Crippen LogP contribution < -0.4 is 9.64 Å². The number of anilines is 1. The van der Waals surface area contributed by atoms with Gasteiger partial charge in [0.1, 0.15) is 5.75 Å². The standard InChI is InChI=1S/C23H26ClN3O3S/c1-3-29-22(28)15-30-19-11-16(2)10-17(12-19)14-26-6-8-27(9-7-26)23-25-20-5-4-18(24)13-21(20)31-23/h4-5,10-13H,3,6-9,14-15H2,1-2H3. The quantitative estimate of drug-likeness (QED) is 0.484. The topological polar surface area (TPSA) is 54.9 Å². The number of aryl methyl sites for hydroxylation is 1. The van der Waals surface area contributed by atoms with Crippen molar-refractivity contribution >= 4 is 44.3 Å². The average Bonchev–Trinajstić information content (AvgIpc) is 3.16. The fourth-order valence-electron chi connectivity index (χ4n) is 3.72. The molecule has 0 unspecified atom stereocenters. The van der Waals surface area contributed by atoms with Gasteiger partial charge in [0.05, 0.1) is 16.8 Å². The monoisotopic (exact) mass is 459 g/mol. The van der Waals surface area contributed by atoms with E-state index in [1.165, 1.54) is 5.56 Å². The maximum Gasteiger partial charge on any atom is 0.344 e. The molecule has 0 bridgehead atoms. The van der Waals surface area contributed by atoms with Crippen molar-refractivity contribution in [2.24, 2.45) is 0 Å². The number of halogens is 1. The van der Waals surface area contributed by atoms with Crippen LogP contribution in [-0.2, 0) is 16.1 Å². The van der Waals surface area contributed by atoms with Crippen LogP contribution >= 0.6 is 22.9 Å². The van der Waals surface area contributed by atoms with Gasteiger partial charge in [0.15, 0.2) is 11.7 Å². The predicted molar refractivity (Wildman–Crippen MR) is 125 cm³/mol. The van der Waals surface area contributed by atoms with Crippen LogP contribution in [0.4, 0.5) is 5.13 Å². The number of benzene rings is 2. The molecule has 4 rings (SSSR count). The van der Waals surface area contributed by atoms with E-state index in [9.17, 15) is 4.79 Å². The minimum absolute atomic E-state index is 0.0667. The number of nitrogens with zero attached hydrogens (tertiary/aromatic N) is 3. The predicted octanol–water partition coefficient (Wildman–Crippen LogP) is 4.52. The second-order valence-electron chi connectivity index (χ2n) is 7.62. The van der Waals surface area contributed by atoms with Gasteiger partial charge in [-0.05, 0) is 55.3 Å². The van der Waals surface area contributed by atoms with E-state index in [4.69, 9.17) is 26.1 Å². The van der Waals surface area contributed by atoms with E-state index in [1.54, 1.807) is 18.3 Å². The largest absolute Gasteiger partial charge is 0.482 e. The van der Waals surface area contributed by atoms with E-state index in [-0.39, 0.29) is 12.6 Å². The van der Waals surface area contributed by atoms with Crippen molar-refractivity contribution in [2.75, 3.05) is 44.3 Å². The van der Waals surface area contributed by atoms with Crippen molar-refractivity contribution in [1.82, 2.24) is 9.88 Å². The lowest BCUT2D eigenvalue weighted by molar-refractivity contribution is -0.145. The summed E-state index contributed by atoms with van der Waals surface area (Å²) < 4.78 is 11.7. The summed E-state index contributed by atoms with van der Waals surface area (Å²) in [6.07, 6.45) is 0. The zero-order valence-corrected chi connectivity index (χ0v) is 19.3. The second kappa shape index (κ2) is 9.85. The van der Waals surface area contributed by atoms with Gasteiger partial charge in [-0.25, -0.2) is 9.78 Å². The molecule has 0 N–H and O–H groups in total. The lowest BCUT2D eigenvalue weighted by atomic mass is 10.1. The molecule has 0 saturated carbocycles. The number of carbonyl (C=O) groups excluding carboxylic acids is 1. The van der Waals surface area contributed by atoms with Gasteiger partial charge in [-0.1, -0.05) is 29.0 Å². The minimum Gasteiger partial charge on any atom is -0.482 e. The Balaban J connectivity index is 1.34. The Morgan fingerprint density at radius 3 is 2.74 bits per heavy atom. The Bertz CT molecular complexity index is 1060. The fraction of sp³-hybridized carbons (Fsp3) is 0.391. The van der Waals surface area contributed by atoms with Crippen molar-refractivity contribution in [1.29, 1.82) is 0 Å². The summed E-state index contributed by atoms with van der Waals surface area (Å²) in [5.41, 5.74) is 3.30. The normalized spacial score (nSPS) is 14.7. The van der Waals surface area contributed by atoms with Crippen LogP contribution in [0.1, 0.15) is 18.1 Å². The fourth-order valence-corrected chi connectivity index (χ4v) is 5.01. The highest BCUT2D eigenvalue weighted by Crippen LogP contribution is 2.31. The van der Waals surface area contributed by atoms with E-state index < -0.39 is 0 Å². The second-order valence-corrected chi connectivity index (χ2v) is 9.07. The number of thiazole rings is 1. The summed E-state index contributed by atoms with van der Waals surface area (Å²) in [6.45, 7) is 8.76. The smallest absolute Gasteiger partial charge is 0.344 e. The molecule has 0 aliphatic carbocycles. The Morgan fingerprint density at radius 2 is 1.97 bits per heavy atom. The number of aromatic nitrogens is 1. The molecule has 6 nitrogen and oxygen atoms in total. The van der Waals surface area contributed by atoms with Crippen LogP contribution in [0.25, 0.3) is 10.2 Å². The molecule has 0 spiro atoms. The number of ether oxygens (including phenoxy) is 2. The highest BCUT2D eigenvalue weighted by atomic mass is 35.5. The summed E-state index contributed by atoms with van der Waals surface area (Å²) >= 11 is 7.80. The third kappa shape index (κ3) is 5.67. The highest BCUT2D eigenvalue weighted by molar-refractivity contribution is 7.22. The van der Waals surface area contributed by atoms with Gasteiger partial charge in [0.25, 0.3) is 0 Å². The summed E-state index contributed by atoms with van der Waals surface area (Å²) in [5, 5.41) is 1.80. The Morgan fingerprint density at radius 1 is 1.16 bits per heavy atom. The first-order valence-electron chi connectivity index (χ1n) is 10.4. The van der Waals surface area contributed by atoms with Crippen LogP contribution in [0.2, 0.25) is 5.02 Å². The van der Waals surface area contributed by atoms with Crippen molar-refractivity contribution in [3.05, 3.63) is 52.5 Å². The maximum absolute atomic E-state index is 11.6. The highest BCUT2D eigenvalue weighted by Gasteiger charge is 2.20. The summed E-state index contributed by atoms with van der Waals surface area (Å²) in [6, 6.07) is 12.0. The van der Waals surface area contributed by atoms with Crippen LogP contribution in [0.3, 0.4) is 0 Å². The van der Waals surface area contributed by atoms with E-state index >= 15 is 0 Å². The molecule has 1 aromatic heterocycles.